The molecule has 8 heteroatoms. The van der Waals surface area contributed by atoms with E-state index in [4.69, 9.17) is 18.9 Å². The number of carbonyl (C=O) groups is 2. The van der Waals surface area contributed by atoms with Crippen molar-refractivity contribution in [2.24, 2.45) is 0 Å². The first-order valence-electron chi connectivity index (χ1n) is 7.10. The zero-order valence-corrected chi connectivity index (χ0v) is 12.1. The fourth-order valence-corrected chi connectivity index (χ4v) is 3.43. The summed E-state index contributed by atoms with van der Waals surface area (Å²) in [5.74, 6) is -1.09. The quantitative estimate of drug-likeness (QED) is 0.621. The molecule has 4 heterocycles. The van der Waals surface area contributed by atoms with Gasteiger partial charge in [-0.3, -0.25) is 9.59 Å². The van der Waals surface area contributed by atoms with Crippen molar-refractivity contribution in [3.63, 3.8) is 0 Å². The van der Waals surface area contributed by atoms with Crippen LogP contribution in [0.5, 0.6) is 0 Å². The molecule has 4 saturated heterocycles. The van der Waals surface area contributed by atoms with E-state index < -0.39 is 24.3 Å². The van der Waals surface area contributed by atoms with Crippen LogP contribution < -0.4 is 5.32 Å². The van der Waals surface area contributed by atoms with Crippen molar-refractivity contribution in [2.45, 2.75) is 63.4 Å². The number of carbonyl (C=O) groups excluding carboxylic acids is 2. The van der Waals surface area contributed by atoms with Crippen molar-refractivity contribution >= 4 is 11.8 Å². The molecule has 0 aromatic rings. The monoisotopic (exact) mass is 298 g/mol. The van der Waals surface area contributed by atoms with Crippen LogP contribution in [-0.4, -0.2) is 65.9 Å². The van der Waals surface area contributed by atoms with E-state index in [0.29, 0.717) is 6.54 Å². The van der Waals surface area contributed by atoms with Gasteiger partial charge in [-0.25, -0.2) is 0 Å². The summed E-state index contributed by atoms with van der Waals surface area (Å²) in [4.78, 5) is 24.7. The maximum Gasteiger partial charge on any atom is 0.252 e. The molecule has 4 aliphatic rings. The van der Waals surface area contributed by atoms with E-state index in [2.05, 4.69) is 5.32 Å². The van der Waals surface area contributed by atoms with Crippen LogP contribution >= 0.6 is 0 Å². The SMILES string of the molecule is CC(=O)N[C@H]1C(=O)N2C[C@H]3O[C@@H]4OC(C)(C)O[C@@H]4[C@H]3O[C@@H]12. The Kier molecular flexibility index (Phi) is 2.66. The molecule has 0 aromatic heterocycles. The molecular weight excluding hydrogens is 280 g/mol. The molecule has 4 fully saturated rings. The number of nitrogens with zero attached hydrogens (tertiary/aromatic N) is 1. The summed E-state index contributed by atoms with van der Waals surface area (Å²) in [5, 5.41) is 2.62. The summed E-state index contributed by atoms with van der Waals surface area (Å²) in [7, 11) is 0. The number of nitrogens with one attached hydrogen (secondary N) is 1. The van der Waals surface area contributed by atoms with E-state index in [0.717, 1.165) is 0 Å². The normalized spacial score (nSPS) is 46.4. The molecule has 0 spiro atoms. The second-order valence-electron chi connectivity index (χ2n) is 6.30. The fraction of sp³-hybridized carbons (Fsp3) is 0.846. The molecular formula is C13H18N2O6. The van der Waals surface area contributed by atoms with Crippen LogP contribution in [0.25, 0.3) is 0 Å². The number of β-lactam (4-membered cyclic amide) rings is 1. The lowest BCUT2D eigenvalue weighted by Gasteiger charge is -2.52. The molecule has 4 rings (SSSR count). The highest BCUT2D eigenvalue weighted by Crippen LogP contribution is 2.43. The third-order valence-corrected chi connectivity index (χ3v) is 4.26. The van der Waals surface area contributed by atoms with Crippen LogP contribution in [-0.2, 0) is 28.5 Å². The van der Waals surface area contributed by atoms with Gasteiger partial charge in [0.15, 0.2) is 24.3 Å². The van der Waals surface area contributed by atoms with E-state index in [1.165, 1.54) is 6.92 Å². The summed E-state index contributed by atoms with van der Waals surface area (Å²) < 4.78 is 23.3. The van der Waals surface area contributed by atoms with E-state index in [-0.39, 0.29) is 30.1 Å². The van der Waals surface area contributed by atoms with E-state index in [1.807, 2.05) is 13.8 Å². The van der Waals surface area contributed by atoms with E-state index in [9.17, 15) is 9.59 Å². The largest absolute Gasteiger partial charge is 0.347 e. The minimum absolute atomic E-state index is 0.142. The zero-order valence-electron chi connectivity index (χ0n) is 12.1. The number of fused-ring (bicyclic) bond motifs is 4. The minimum Gasteiger partial charge on any atom is -0.347 e. The van der Waals surface area contributed by atoms with Gasteiger partial charge in [0.05, 0.1) is 6.54 Å². The molecule has 0 saturated carbocycles. The first-order valence-corrected chi connectivity index (χ1v) is 7.10. The molecule has 0 radical (unpaired) electrons. The first-order chi connectivity index (χ1) is 9.85. The summed E-state index contributed by atoms with van der Waals surface area (Å²) in [5.41, 5.74) is 0. The van der Waals surface area contributed by atoms with Crippen molar-refractivity contribution in [1.29, 1.82) is 0 Å². The van der Waals surface area contributed by atoms with Crippen LogP contribution in [0.4, 0.5) is 0 Å². The van der Waals surface area contributed by atoms with Crippen LogP contribution in [0, 0.1) is 0 Å². The number of rotatable bonds is 1. The van der Waals surface area contributed by atoms with Crippen molar-refractivity contribution < 1.29 is 28.5 Å². The van der Waals surface area contributed by atoms with Gasteiger partial charge in [0.25, 0.3) is 5.91 Å². The molecule has 1 N–H and O–H groups in total. The van der Waals surface area contributed by atoms with Crippen LogP contribution in [0.2, 0.25) is 0 Å². The highest BCUT2D eigenvalue weighted by molar-refractivity contribution is 5.92. The van der Waals surface area contributed by atoms with Gasteiger partial charge >= 0.3 is 0 Å². The van der Waals surface area contributed by atoms with Crippen molar-refractivity contribution in [1.82, 2.24) is 10.2 Å². The van der Waals surface area contributed by atoms with Crippen LogP contribution in [0.15, 0.2) is 0 Å². The summed E-state index contributed by atoms with van der Waals surface area (Å²) in [6, 6.07) is -0.613. The molecule has 21 heavy (non-hydrogen) atoms. The lowest BCUT2D eigenvalue weighted by atomic mass is 9.98. The predicted molar refractivity (Wildman–Crippen MR) is 66.7 cm³/mol. The molecule has 116 valence electrons. The average Bonchev–Trinajstić information content (AvgIpc) is 2.85. The molecule has 0 aromatic carbocycles. The van der Waals surface area contributed by atoms with Gasteiger partial charge in [0, 0.05) is 6.92 Å². The molecule has 0 aliphatic carbocycles. The first kappa shape index (κ1) is 13.4. The van der Waals surface area contributed by atoms with Crippen molar-refractivity contribution in [3.05, 3.63) is 0 Å². The molecule has 0 bridgehead atoms. The van der Waals surface area contributed by atoms with Gasteiger partial charge in [-0.15, -0.1) is 0 Å². The fourth-order valence-electron chi connectivity index (χ4n) is 3.43. The second kappa shape index (κ2) is 4.16. The third-order valence-electron chi connectivity index (χ3n) is 4.26. The highest BCUT2D eigenvalue weighted by atomic mass is 16.8. The Balaban J connectivity index is 1.50. The van der Waals surface area contributed by atoms with E-state index in [1.54, 1.807) is 4.90 Å². The highest BCUT2D eigenvalue weighted by Gasteiger charge is 2.63. The second-order valence-corrected chi connectivity index (χ2v) is 6.30. The Labute approximate surface area is 121 Å². The Morgan fingerprint density at radius 3 is 2.76 bits per heavy atom. The summed E-state index contributed by atoms with van der Waals surface area (Å²) >= 11 is 0. The van der Waals surface area contributed by atoms with Crippen LogP contribution in [0.1, 0.15) is 20.8 Å². The standard InChI is InChI=1S/C13H18N2O6/c1-5(16)14-7-10(17)15-4-6-8(19-11(7)15)9-12(18-6)21-13(2,3)20-9/h6-9,11-12H,4H2,1-3H3,(H,14,16)/t6-,7+,8+,9-,11+,12-/m1/s1. The maximum atomic E-state index is 12.0. The third kappa shape index (κ3) is 1.90. The van der Waals surface area contributed by atoms with Gasteiger partial charge in [-0.1, -0.05) is 0 Å². The molecule has 4 aliphatic heterocycles. The van der Waals surface area contributed by atoms with Gasteiger partial charge in [0.1, 0.15) is 18.3 Å². The van der Waals surface area contributed by atoms with E-state index >= 15 is 0 Å². The van der Waals surface area contributed by atoms with Gasteiger partial charge in [-0.05, 0) is 13.8 Å². The number of ether oxygens (including phenoxy) is 4. The van der Waals surface area contributed by atoms with Gasteiger partial charge in [-0.2, -0.15) is 0 Å². The Bertz CT molecular complexity index is 509. The number of hydrogen-bond acceptors (Lipinski definition) is 6. The smallest absolute Gasteiger partial charge is 0.252 e. The lowest BCUT2D eigenvalue weighted by molar-refractivity contribution is -0.266. The molecule has 0 unspecified atom stereocenters. The summed E-state index contributed by atoms with van der Waals surface area (Å²) in [6.45, 7) is 5.47. The topological polar surface area (TPSA) is 86.3 Å². The molecule has 8 nitrogen and oxygen atoms in total. The number of amides is 2. The Hall–Kier alpha value is -1.22. The number of hydrogen-bond donors (Lipinski definition) is 1. The average molecular weight is 298 g/mol. The maximum absolute atomic E-state index is 12.0. The van der Waals surface area contributed by atoms with Crippen molar-refractivity contribution in [3.8, 4) is 0 Å². The Morgan fingerprint density at radius 2 is 2.05 bits per heavy atom. The van der Waals surface area contributed by atoms with Gasteiger partial charge in [0.2, 0.25) is 5.91 Å². The zero-order chi connectivity index (χ0) is 14.9. The summed E-state index contributed by atoms with van der Waals surface area (Å²) in [6.07, 6.45) is -1.77. The van der Waals surface area contributed by atoms with Crippen molar-refractivity contribution in [2.75, 3.05) is 6.54 Å². The van der Waals surface area contributed by atoms with Crippen LogP contribution in [0.3, 0.4) is 0 Å². The predicted octanol–water partition coefficient (Wildman–Crippen LogP) is -1.07. The minimum atomic E-state index is -0.701. The molecule has 2 amide bonds. The molecule has 6 atom stereocenters. The van der Waals surface area contributed by atoms with Gasteiger partial charge < -0.3 is 29.2 Å². The Morgan fingerprint density at radius 1 is 1.29 bits per heavy atom. The lowest BCUT2D eigenvalue weighted by Crippen LogP contribution is -2.76.